The Bertz CT molecular complexity index is 716. The van der Waals surface area contributed by atoms with Crippen LogP contribution < -0.4 is 10.3 Å². The summed E-state index contributed by atoms with van der Waals surface area (Å²) in [6.45, 7) is 4.48. The maximum atomic E-state index is 12.3. The molecule has 0 aliphatic rings. The Kier molecular flexibility index (Phi) is 5.91. The zero-order valence-electron chi connectivity index (χ0n) is 12.9. The van der Waals surface area contributed by atoms with Crippen molar-refractivity contribution in [3.05, 3.63) is 50.4 Å². The van der Waals surface area contributed by atoms with Gasteiger partial charge in [-0.05, 0) is 37.3 Å². The van der Waals surface area contributed by atoms with E-state index in [1.54, 1.807) is 0 Å². The maximum Gasteiger partial charge on any atom is 0.255 e. The van der Waals surface area contributed by atoms with Crippen LogP contribution in [0.25, 0.3) is 0 Å². The van der Waals surface area contributed by atoms with Gasteiger partial charge in [-0.2, -0.15) is 0 Å². The smallest absolute Gasteiger partial charge is 0.255 e. The molecule has 2 rings (SSSR count). The lowest BCUT2D eigenvalue weighted by molar-refractivity contribution is 0.340. The Balaban J connectivity index is 2.34. The lowest BCUT2D eigenvalue weighted by atomic mass is 10.0. The molecular formula is C16H19ClN2O2S. The van der Waals surface area contributed by atoms with E-state index in [-0.39, 0.29) is 5.56 Å². The number of aromatic nitrogens is 2. The summed E-state index contributed by atoms with van der Waals surface area (Å²) in [5.41, 5.74) is 2.41. The highest BCUT2D eigenvalue weighted by Crippen LogP contribution is 2.26. The Labute approximate surface area is 139 Å². The fourth-order valence-electron chi connectivity index (χ4n) is 2.22. The Hall–Kier alpha value is -1.46. The number of rotatable bonds is 6. The Morgan fingerprint density at radius 3 is 2.73 bits per heavy atom. The molecule has 0 aliphatic heterocycles. The van der Waals surface area contributed by atoms with Crippen molar-refractivity contribution in [2.45, 2.75) is 31.8 Å². The lowest BCUT2D eigenvalue weighted by Crippen LogP contribution is -2.18. The van der Waals surface area contributed by atoms with E-state index in [1.807, 2.05) is 38.3 Å². The van der Waals surface area contributed by atoms with Crippen LogP contribution in [0.5, 0.6) is 5.75 Å². The topological polar surface area (TPSA) is 55.0 Å². The summed E-state index contributed by atoms with van der Waals surface area (Å²) in [6, 6.07) is 5.61. The predicted octanol–water partition coefficient (Wildman–Crippen LogP) is 3.70. The van der Waals surface area contributed by atoms with Gasteiger partial charge in [-0.15, -0.1) is 0 Å². The first-order valence-corrected chi connectivity index (χ1v) is 8.76. The molecule has 0 saturated carbocycles. The van der Waals surface area contributed by atoms with Gasteiger partial charge >= 0.3 is 0 Å². The summed E-state index contributed by atoms with van der Waals surface area (Å²) in [5, 5.41) is 1.21. The average Bonchev–Trinajstić information content (AvgIpc) is 2.51. The van der Waals surface area contributed by atoms with Gasteiger partial charge in [-0.1, -0.05) is 36.4 Å². The second kappa shape index (κ2) is 7.70. The molecule has 0 spiro atoms. The number of benzene rings is 1. The van der Waals surface area contributed by atoms with E-state index < -0.39 is 0 Å². The van der Waals surface area contributed by atoms with Crippen LogP contribution in [-0.4, -0.2) is 22.8 Å². The summed E-state index contributed by atoms with van der Waals surface area (Å²) in [6.07, 6.45) is 3.12. The van der Waals surface area contributed by atoms with Crippen LogP contribution in [0.3, 0.4) is 0 Å². The van der Waals surface area contributed by atoms with E-state index in [0.29, 0.717) is 34.5 Å². The molecule has 0 amide bonds. The highest BCUT2D eigenvalue weighted by atomic mass is 35.5. The van der Waals surface area contributed by atoms with Crippen molar-refractivity contribution in [1.82, 2.24) is 9.97 Å². The van der Waals surface area contributed by atoms with Crippen LogP contribution in [0.1, 0.15) is 30.7 Å². The fourth-order valence-corrected chi connectivity index (χ4v) is 2.88. The molecule has 0 aliphatic carbocycles. The van der Waals surface area contributed by atoms with Crippen molar-refractivity contribution < 1.29 is 4.74 Å². The Morgan fingerprint density at radius 1 is 1.36 bits per heavy atom. The molecule has 4 nitrogen and oxygen atoms in total. The van der Waals surface area contributed by atoms with Gasteiger partial charge in [0.1, 0.15) is 5.75 Å². The number of hydrogen-bond acceptors (Lipinski definition) is 4. The molecule has 0 bridgehead atoms. The largest absolute Gasteiger partial charge is 0.492 e. The third kappa shape index (κ3) is 3.84. The summed E-state index contributed by atoms with van der Waals surface area (Å²) in [4.78, 5) is 19.6. The molecular weight excluding hydrogens is 320 g/mol. The number of nitrogens with zero attached hydrogens (tertiary/aromatic N) is 1. The molecule has 0 unspecified atom stereocenters. The predicted molar refractivity (Wildman–Crippen MR) is 91.4 cm³/mol. The molecule has 0 atom stereocenters. The highest BCUT2D eigenvalue weighted by Gasteiger charge is 2.12. The SMILES string of the molecule is CCOc1ccc(Cc2c(CC)nc(SC)[nH]c2=O)cc1Cl. The van der Waals surface area contributed by atoms with Crippen molar-refractivity contribution >= 4 is 23.4 Å². The van der Waals surface area contributed by atoms with Crippen molar-refractivity contribution in [2.24, 2.45) is 0 Å². The molecule has 1 aromatic heterocycles. The third-order valence-electron chi connectivity index (χ3n) is 3.28. The van der Waals surface area contributed by atoms with Crippen LogP contribution in [0.4, 0.5) is 0 Å². The van der Waals surface area contributed by atoms with Crippen molar-refractivity contribution in [1.29, 1.82) is 0 Å². The maximum absolute atomic E-state index is 12.3. The fraction of sp³-hybridized carbons (Fsp3) is 0.375. The van der Waals surface area contributed by atoms with Gasteiger partial charge in [0, 0.05) is 12.0 Å². The first-order valence-electron chi connectivity index (χ1n) is 7.16. The van der Waals surface area contributed by atoms with E-state index in [1.165, 1.54) is 11.8 Å². The van der Waals surface area contributed by atoms with Crippen molar-refractivity contribution in [3.8, 4) is 5.75 Å². The van der Waals surface area contributed by atoms with Crippen LogP contribution in [0.15, 0.2) is 28.2 Å². The molecule has 2 aromatic rings. The van der Waals surface area contributed by atoms with E-state index in [2.05, 4.69) is 9.97 Å². The first-order chi connectivity index (χ1) is 10.6. The number of aromatic amines is 1. The number of ether oxygens (including phenoxy) is 1. The van der Waals surface area contributed by atoms with Gasteiger partial charge in [-0.3, -0.25) is 4.79 Å². The molecule has 1 N–H and O–H groups in total. The van der Waals surface area contributed by atoms with E-state index in [9.17, 15) is 4.79 Å². The number of thioether (sulfide) groups is 1. The van der Waals surface area contributed by atoms with Gasteiger partial charge in [0.2, 0.25) is 0 Å². The number of halogens is 1. The quantitative estimate of drug-likeness (QED) is 0.644. The number of aryl methyl sites for hydroxylation is 1. The van der Waals surface area contributed by atoms with E-state index >= 15 is 0 Å². The van der Waals surface area contributed by atoms with Crippen molar-refractivity contribution in [3.63, 3.8) is 0 Å². The molecule has 1 heterocycles. The van der Waals surface area contributed by atoms with Crippen LogP contribution >= 0.6 is 23.4 Å². The molecule has 6 heteroatoms. The second-order valence-corrected chi connectivity index (χ2v) is 5.93. The minimum Gasteiger partial charge on any atom is -0.492 e. The van der Waals surface area contributed by atoms with Crippen LogP contribution in [0.2, 0.25) is 5.02 Å². The third-order valence-corrected chi connectivity index (χ3v) is 4.16. The van der Waals surface area contributed by atoms with Gasteiger partial charge in [-0.25, -0.2) is 4.98 Å². The molecule has 22 heavy (non-hydrogen) atoms. The molecule has 0 fully saturated rings. The number of nitrogens with one attached hydrogen (secondary N) is 1. The summed E-state index contributed by atoms with van der Waals surface area (Å²) in [5.74, 6) is 0.661. The van der Waals surface area contributed by atoms with Crippen molar-refractivity contribution in [2.75, 3.05) is 12.9 Å². The monoisotopic (exact) mass is 338 g/mol. The van der Waals surface area contributed by atoms with Crippen LogP contribution in [0, 0.1) is 0 Å². The average molecular weight is 339 g/mol. The molecule has 0 radical (unpaired) electrons. The molecule has 1 aromatic carbocycles. The standard InChI is InChI=1S/C16H19ClN2O2S/c1-4-13-11(15(20)19-16(18-13)22-3)8-10-6-7-14(21-5-2)12(17)9-10/h6-7,9H,4-5,8H2,1-3H3,(H,18,19,20). The number of hydrogen-bond donors (Lipinski definition) is 1. The van der Waals surface area contributed by atoms with Gasteiger partial charge < -0.3 is 9.72 Å². The Morgan fingerprint density at radius 2 is 2.14 bits per heavy atom. The van der Waals surface area contributed by atoms with Crippen LogP contribution in [-0.2, 0) is 12.8 Å². The summed E-state index contributed by atoms with van der Waals surface area (Å²) < 4.78 is 5.43. The van der Waals surface area contributed by atoms with E-state index in [0.717, 1.165) is 17.7 Å². The summed E-state index contributed by atoms with van der Waals surface area (Å²) in [7, 11) is 0. The zero-order valence-corrected chi connectivity index (χ0v) is 14.5. The normalized spacial score (nSPS) is 10.7. The van der Waals surface area contributed by atoms with Gasteiger partial charge in [0.05, 0.1) is 17.3 Å². The lowest BCUT2D eigenvalue weighted by Gasteiger charge is -2.10. The minimum absolute atomic E-state index is 0.0822. The summed E-state index contributed by atoms with van der Waals surface area (Å²) >= 11 is 7.64. The van der Waals surface area contributed by atoms with E-state index in [4.69, 9.17) is 16.3 Å². The number of H-pyrrole nitrogens is 1. The minimum atomic E-state index is -0.0822. The van der Waals surface area contributed by atoms with Gasteiger partial charge in [0.15, 0.2) is 5.16 Å². The first kappa shape index (κ1) is 16.9. The highest BCUT2D eigenvalue weighted by molar-refractivity contribution is 7.98. The second-order valence-electron chi connectivity index (χ2n) is 4.73. The zero-order chi connectivity index (χ0) is 16.1. The molecule has 118 valence electrons. The van der Waals surface area contributed by atoms with Gasteiger partial charge in [0.25, 0.3) is 5.56 Å². The molecule has 0 saturated heterocycles.